The van der Waals surface area contributed by atoms with Gasteiger partial charge in [-0.1, -0.05) is 6.92 Å². The SMILES string of the molecule is CC1CC1C(=O)N1CCC(C2CN([C@H]3[C@@H](Oc4ccc5c(c4)CN(C4CCC(=O)NC4=O)C5=O)CCCC3(F)F)C2)CC1. The van der Waals surface area contributed by atoms with Gasteiger partial charge < -0.3 is 14.5 Å². The van der Waals surface area contributed by atoms with Crippen LogP contribution in [-0.2, 0) is 20.9 Å². The van der Waals surface area contributed by atoms with E-state index in [2.05, 4.69) is 12.2 Å². The summed E-state index contributed by atoms with van der Waals surface area (Å²) in [5.41, 5.74) is 1.16. The van der Waals surface area contributed by atoms with E-state index < -0.39 is 30.0 Å². The number of fused-ring (bicyclic) bond motifs is 1. The van der Waals surface area contributed by atoms with Crippen LogP contribution in [0.25, 0.3) is 0 Å². The molecule has 0 aromatic heterocycles. The number of piperidine rings is 2. The van der Waals surface area contributed by atoms with Gasteiger partial charge in [-0.15, -0.1) is 0 Å². The molecule has 4 aliphatic heterocycles. The van der Waals surface area contributed by atoms with Gasteiger partial charge in [0, 0.05) is 57.0 Å². The van der Waals surface area contributed by atoms with E-state index in [-0.39, 0.29) is 43.5 Å². The van der Waals surface area contributed by atoms with Gasteiger partial charge in [0.2, 0.25) is 17.7 Å². The first-order valence-corrected chi connectivity index (χ1v) is 15.9. The molecule has 11 heteroatoms. The number of ether oxygens (including phenoxy) is 1. The Kier molecular flexibility index (Phi) is 7.22. The Balaban J connectivity index is 0.977. The number of alkyl halides is 2. The number of benzene rings is 1. The van der Waals surface area contributed by atoms with E-state index in [1.165, 1.54) is 4.90 Å². The predicted octanol–water partition coefficient (Wildman–Crippen LogP) is 3.21. The van der Waals surface area contributed by atoms with Crippen molar-refractivity contribution in [2.24, 2.45) is 23.7 Å². The maximum absolute atomic E-state index is 15.4. The summed E-state index contributed by atoms with van der Waals surface area (Å²) < 4.78 is 37.1. The quantitative estimate of drug-likeness (QED) is 0.505. The Morgan fingerprint density at radius 3 is 2.49 bits per heavy atom. The highest BCUT2D eigenvalue weighted by molar-refractivity contribution is 6.05. The molecule has 6 aliphatic rings. The Hall–Kier alpha value is -3.08. The van der Waals surface area contributed by atoms with E-state index in [1.54, 1.807) is 18.2 Å². The topological polar surface area (TPSA) is 99.3 Å². The van der Waals surface area contributed by atoms with Crippen LogP contribution < -0.4 is 10.1 Å². The second-order valence-electron chi connectivity index (χ2n) is 13.7. The van der Waals surface area contributed by atoms with E-state index in [4.69, 9.17) is 4.74 Å². The summed E-state index contributed by atoms with van der Waals surface area (Å²) in [6, 6.07) is 3.32. The van der Waals surface area contributed by atoms with Gasteiger partial charge in [0.05, 0.1) is 0 Å². The summed E-state index contributed by atoms with van der Waals surface area (Å²) in [5, 5.41) is 2.30. The molecule has 1 aromatic rings. The zero-order valence-corrected chi connectivity index (χ0v) is 24.6. The number of carbonyl (C=O) groups excluding carboxylic acids is 4. The molecule has 0 spiro atoms. The number of likely N-dealkylation sites (tertiary alicyclic amines) is 2. The van der Waals surface area contributed by atoms with Gasteiger partial charge in [0.15, 0.2) is 0 Å². The predicted molar refractivity (Wildman–Crippen MR) is 151 cm³/mol. The van der Waals surface area contributed by atoms with Crippen LogP contribution >= 0.6 is 0 Å². The van der Waals surface area contributed by atoms with Crippen LogP contribution in [0.3, 0.4) is 0 Å². The van der Waals surface area contributed by atoms with Gasteiger partial charge >= 0.3 is 0 Å². The number of halogens is 2. The average molecular weight is 599 g/mol. The third kappa shape index (κ3) is 5.31. The zero-order valence-electron chi connectivity index (χ0n) is 24.6. The van der Waals surface area contributed by atoms with Gasteiger partial charge in [0.25, 0.3) is 11.8 Å². The average Bonchev–Trinajstić information content (AvgIpc) is 3.59. The highest BCUT2D eigenvalue weighted by atomic mass is 19.3. The van der Waals surface area contributed by atoms with Crippen molar-refractivity contribution in [2.45, 2.75) is 88.9 Å². The fraction of sp³-hybridized carbons (Fsp3) is 0.688. The first-order chi connectivity index (χ1) is 20.6. The van der Waals surface area contributed by atoms with Crippen molar-refractivity contribution < 1.29 is 32.7 Å². The monoisotopic (exact) mass is 598 g/mol. The highest BCUT2D eigenvalue weighted by Gasteiger charge is 2.55. The fourth-order valence-electron chi connectivity index (χ4n) is 8.11. The number of carbonyl (C=O) groups is 4. The van der Waals surface area contributed by atoms with Crippen molar-refractivity contribution in [3.8, 4) is 5.75 Å². The molecule has 5 atom stereocenters. The van der Waals surface area contributed by atoms with Gasteiger partial charge in [-0.25, -0.2) is 8.78 Å². The number of amides is 4. The number of rotatable bonds is 6. The Morgan fingerprint density at radius 2 is 1.79 bits per heavy atom. The first-order valence-electron chi connectivity index (χ1n) is 15.9. The van der Waals surface area contributed by atoms with E-state index in [1.807, 2.05) is 9.80 Å². The summed E-state index contributed by atoms with van der Waals surface area (Å²) in [5.74, 6) is -1.68. The minimum atomic E-state index is -2.86. The number of hydrogen-bond donors (Lipinski definition) is 1. The Bertz CT molecular complexity index is 1320. The number of nitrogens with zero attached hydrogens (tertiary/aromatic N) is 3. The van der Waals surface area contributed by atoms with E-state index in [9.17, 15) is 19.2 Å². The molecule has 43 heavy (non-hydrogen) atoms. The molecule has 4 heterocycles. The summed E-state index contributed by atoms with van der Waals surface area (Å²) in [6.07, 6.45) is 3.42. The number of imide groups is 1. The van der Waals surface area contributed by atoms with Crippen molar-refractivity contribution in [3.63, 3.8) is 0 Å². The standard InChI is InChI=1S/C32H40F2N4O5/c1-18-13-24(18)30(41)36-11-8-19(9-12-36)21-15-37(16-21)28-26(3-2-10-32(28,33)34)43-22-4-5-23-20(14-22)17-38(31(23)42)25-6-7-27(39)35-29(25)40/h4-5,14,18-19,21,24-26,28H,2-3,6-13,15-17H2,1H3,(H,35,39,40)/t18?,24?,25?,26-,28-/m0/s1. The molecule has 0 radical (unpaired) electrons. The first kappa shape index (κ1) is 28.7. The van der Waals surface area contributed by atoms with Crippen LogP contribution in [0.5, 0.6) is 5.75 Å². The van der Waals surface area contributed by atoms with Crippen LogP contribution in [0, 0.1) is 23.7 Å². The third-order valence-corrected chi connectivity index (χ3v) is 10.8. The van der Waals surface area contributed by atoms with Crippen LogP contribution in [0.1, 0.15) is 74.2 Å². The molecule has 4 amide bonds. The largest absolute Gasteiger partial charge is 0.489 e. The minimum Gasteiger partial charge on any atom is -0.489 e. The van der Waals surface area contributed by atoms with Gasteiger partial charge in [-0.3, -0.25) is 29.4 Å². The van der Waals surface area contributed by atoms with Crippen LogP contribution in [0.2, 0.25) is 0 Å². The Morgan fingerprint density at radius 1 is 1.05 bits per heavy atom. The van der Waals surface area contributed by atoms with Crippen molar-refractivity contribution in [1.29, 1.82) is 0 Å². The zero-order chi connectivity index (χ0) is 30.0. The maximum Gasteiger partial charge on any atom is 0.266 e. The molecular formula is C32H40F2N4O5. The second-order valence-corrected chi connectivity index (χ2v) is 13.7. The molecule has 3 saturated heterocycles. The fourth-order valence-corrected chi connectivity index (χ4v) is 8.11. The van der Waals surface area contributed by atoms with E-state index in [0.29, 0.717) is 66.5 Å². The molecule has 3 unspecified atom stereocenters. The van der Waals surface area contributed by atoms with Crippen molar-refractivity contribution >= 4 is 23.6 Å². The number of nitrogens with one attached hydrogen (secondary N) is 1. The number of hydrogen-bond acceptors (Lipinski definition) is 6. The molecule has 232 valence electrons. The van der Waals surface area contributed by atoms with Gasteiger partial charge in [-0.2, -0.15) is 0 Å². The van der Waals surface area contributed by atoms with Crippen molar-refractivity contribution in [1.82, 2.24) is 20.0 Å². The highest BCUT2D eigenvalue weighted by Crippen LogP contribution is 2.44. The minimum absolute atomic E-state index is 0.154. The van der Waals surface area contributed by atoms with Gasteiger partial charge in [-0.05, 0) is 80.0 Å². The van der Waals surface area contributed by atoms with Crippen LogP contribution in [0.15, 0.2) is 18.2 Å². The van der Waals surface area contributed by atoms with Gasteiger partial charge in [0.1, 0.15) is 23.9 Å². The lowest BCUT2D eigenvalue weighted by Gasteiger charge is -2.53. The molecule has 0 bridgehead atoms. The smallest absolute Gasteiger partial charge is 0.266 e. The lowest BCUT2D eigenvalue weighted by atomic mass is 9.76. The molecule has 7 rings (SSSR count). The lowest BCUT2D eigenvalue weighted by Crippen LogP contribution is -2.66. The normalized spacial score (nSPS) is 33.2. The summed E-state index contributed by atoms with van der Waals surface area (Å²) in [7, 11) is 0. The molecule has 1 aromatic carbocycles. The summed E-state index contributed by atoms with van der Waals surface area (Å²) in [4.78, 5) is 55.0. The molecule has 9 nitrogen and oxygen atoms in total. The lowest BCUT2D eigenvalue weighted by molar-refractivity contribution is -0.172. The van der Waals surface area contributed by atoms with E-state index >= 15 is 8.78 Å². The second kappa shape index (κ2) is 10.8. The summed E-state index contributed by atoms with van der Waals surface area (Å²) >= 11 is 0. The summed E-state index contributed by atoms with van der Waals surface area (Å²) in [6.45, 7) is 5.13. The maximum atomic E-state index is 15.4. The molecule has 2 saturated carbocycles. The molecular weight excluding hydrogens is 558 g/mol. The van der Waals surface area contributed by atoms with Crippen LogP contribution in [-0.4, -0.2) is 88.6 Å². The molecule has 1 N–H and O–H groups in total. The Labute approximate surface area is 250 Å². The van der Waals surface area contributed by atoms with E-state index in [0.717, 1.165) is 32.4 Å². The van der Waals surface area contributed by atoms with Crippen molar-refractivity contribution in [3.05, 3.63) is 29.3 Å². The molecule has 5 fully saturated rings. The van der Waals surface area contributed by atoms with Crippen LogP contribution in [0.4, 0.5) is 8.78 Å². The third-order valence-electron chi connectivity index (χ3n) is 10.8. The van der Waals surface area contributed by atoms with Crippen molar-refractivity contribution in [2.75, 3.05) is 26.2 Å². The molecule has 2 aliphatic carbocycles.